The fourth-order valence-corrected chi connectivity index (χ4v) is 4.39. The summed E-state index contributed by atoms with van der Waals surface area (Å²) in [5.41, 5.74) is 3.23. The first-order valence-electron chi connectivity index (χ1n) is 7.39. The molecule has 1 unspecified atom stereocenters. The molecule has 1 aromatic carbocycles. The van der Waals surface area contributed by atoms with Crippen molar-refractivity contribution in [1.29, 1.82) is 0 Å². The highest BCUT2D eigenvalue weighted by molar-refractivity contribution is 7.58. The third kappa shape index (κ3) is 3.35. The Morgan fingerprint density at radius 1 is 1.00 bits per heavy atom. The van der Waals surface area contributed by atoms with Crippen molar-refractivity contribution >= 4 is 7.60 Å². The molecular weight excluding hydrogens is 311 g/mol. The SMILES string of the molecule is COC1=C(P(=O)(OC)OC)C(c2ccccc2)C(=C(C)C)C=C1. The molecule has 1 aromatic rings. The van der Waals surface area contributed by atoms with Crippen molar-refractivity contribution in [1.82, 2.24) is 0 Å². The van der Waals surface area contributed by atoms with Gasteiger partial charge in [-0.2, -0.15) is 0 Å². The number of methoxy groups -OCH3 is 1. The van der Waals surface area contributed by atoms with Gasteiger partial charge in [-0.3, -0.25) is 4.57 Å². The molecule has 0 aromatic heterocycles. The molecule has 1 aliphatic rings. The molecular formula is C18H23O4P. The van der Waals surface area contributed by atoms with E-state index in [0.29, 0.717) is 11.1 Å². The average Bonchev–Trinajstić information content (AvgIpc) is 2.60. The van der Waals surface area contributed by atoms with E-state index in [4.69, 9.17) is 13.8 Å². The van der Waals surface area contributed by atoms with Gasteiger partial charge < -0.3 is 13.8 Å². The minimum absolute atomic E-state index is 0.230. The quantitative estimate of drug-likeness (QED) is 0.709. The van der Waals surface area contributed by atoms with Gasteiger partial charge in [0.05, 0.1) is 12.4 Å². The molecule has 0 spiro atoms. The molecule has 0 saturated carbocycles. The van der Waals surface area contributed by atoms with Crippen molar-refractivity contribution in [2.75, 3.05) is 21.3 Å². The van der Waals surface area contributed by atoms with Crippen LogP contribution < -0.4 is 0 Å². The maximum atomic E-state index is 13.2. The lowest BCUT2D eigenvalue weighted by atomic mass is 9.85. The zero-order valence-electron chi connectivity index (χ0n) is 14.2. The molecule has 5 heteroatoms. The molecule has 1 atom stereocenters. The van der Waals surface area contributed by atoms with Crippen LogP contribution >= 0.6 is 7.60 Å². The van der Waals surface area contributed by atoms with Crippen LogP contribution in [0.3, 0.4) is 0 Å². The predicted molar refractivity (Wildman–Crippen MR) is 92.4 cm³/mol. The van der Waals surface area contributed by atoms with Crippen LogP contribution in [0.4, 0.5) is 0 Å². The number of allylic oxidation sites excluding steroid dienone is 5. The Kier molecular flexibility index (Phi) is 5.64. The standard InChI is InChI=1S/C18H23O4P/c1-13(2)15-11-12-16(20-3)18(23(19,21-4)22-5)17(15)14-9-7-6-8-10-14/h6-12,17H,1-5H3. The van der Waals surface area contributed by atoms with Crippen LogP contribution in [0.25, 0.3) is 0 Å². The minimum Gasteiger partial charge on any atom is -0.496 e. The summed E-state index contributed by atoms with van der Waals surface area (Å²) in [6.07, 6.45) is 3.83. The summed E-state index contributed by atoms with van der Waals surface area (Å²) in [7, 11) is 0.894. The summed E-state index contributed by atoms with van der Waals surface area (Å²) in [5, 5.41) is 0.537. The van der Waals surface area contributed by atoms with Crippen molar-refractivity contribution < 1.29 is 18.3 Å². The van der Waals surface area contributed by atoms with E-state index in [-0.39, 0.29) is 5.92 Å². The molecule has 124 valence electrons. The van der Waals surface area contributed by atoms with Crippen molar-refractivity contribution in [2.45, 2.75) is 19.8 Å². The second kappa shape index (κ2) is 7.31. The van der Waals surface area contributed by atoms with Crippen LogP contribution in [0, 0.1) is 0 Å². The molecule has 1 aliphatic carbocycles. The summed E-state index contributed by atoms with van der Waals surface area (Å²) in [6, 6.07) is 9.90. The first-order valence-corrected chi connectivity index (χ1v) is 8.93. The summed E-state index contributed by atoms with van der Waals surface area (Å²) >= 11 is 0. The summed E-state index contributed by atoms with van der Waals surface area (Å²) in [5.74, 6) is 0.294. The molecule has 23 heavy (non-hydrogen) atoms. The van der Waals surface area contributed by atoms with Gasteiger partial charge in [-0.05, 0) is 31.1 Å². The van der Waals surface area contributed by atoms with E-state index < -0.39 is 7.60 Å². The lowest BCUT2D eigenvalue weighted by Crippen LogP contribution is -2.14. The highest BCUT2D eigenvalue weighted by atomic mass is 31.2. The third-order valence-corrected chi connectivity index (χ3v) is 5.99. The fraction of sp³-hybridized carbons (Fsp3) is 0.333. The highest BCUT2D eigenvalue weighted by Gasteiger charge is 2.40. The van der Waals surface area contributed by atoms with Crippen molar-refractivity contribution in [3.05, 3.63) is 70.3 Å². The Bertz CT molecular complexity index is 689. The van der Waals surface area contributed by atoms with Gasteiger partial charge in [-0.25, -0.2) is 0 Å². The number of ether oxygens (including phenoxy) is 1. The predicted octanol–water partition coefficient (Wildman–Crippen LogP) is 5.02. The van der Waals surface area contributed by atoms with Gasteiger partial charge >= 0.3 is 7.60 Å². The molecule has 0 fully saturated rings. The Labute approximate surface area is 138 Å². The molecule has 0 heterocycles. The molecule has 0 amide bonds. The molecule has 0 N–H and O–H groups in total. The first-order chi connectivity index (χ1) is 11.0. The fourth-order valence-electron chi connectivity index (χ4n) is 2.81. The monoisotopic (exact) mass is 334 g/mol. The zero-order valence-corrected chi connectivity index (χ0v) is 15.1. The van der Waals surface area contributed by atoms with E-state index >= 15 is 0 Å². The Hall–Kier alpha value is -1.61. The Balaban J connectivity index is 2.77. The summed E-state index contributed by atoms with van der Waals surface area (Å²) in [6.45, 7) is 4.07. The zero-order chi connectivity index (χ0) is 17.0. The van der Waals surface area contributed by atoms with E-state index in [1.807, 2.05) is 56.3 Å². The second-order valence-electron chi connectivity index (χ2n) is 5.45. The van der Waals surface area contributed by atoms with Crippen LogP contribution in [0.1, 0.15) is 25.3 Å². The molecule has 0 bridgehead atoms. The van der Waals surface area contributed by atoms with Gasteiger partial charge in [0.2, 0.25) is 0 Å². The van der Waals surface area contributed by atoms with Crippen LogP contribution in [0.5, 0.6) is 0 Å². The Morgan fingerprint density at radius 3 is 2.09 bits per heavy atom. The van der Waals surface area contributed by atoms with E-state index in [9.17, 15) is 4.57 Å². The van der Waals surface area contributed by atoms with Crippen LogP contribution in [0.15, 0.2) is 64.7 Å². The first kappa shape index (κ1) is 17.7. The second-order valence-corrected chi connectivity index (χ2v) is 7.66. The number of hydrogen-bond acceptors (Lipinski definition) is 4. The number of hydrogen-bond donors (Lipinski definition) is 0. The van der Waals surface area contributed by atoms with Gasteiger partial charge in [-0.1, -0.05) is 42.0 Å². The van der Waals surface area contributed by atoms with E-state index in [1.54, 1.807) is 7.11 Å². The maximum Gasteiger partial charge on any atom is 0.361 e. The van der Waals surface area contributed by atoms with Gasteiger partial charge in [0.25, 0.3) is 0 Å². The topological polar surface area (TPSA) is 44.8 Å². The average molecular weight is 334 g/mol. The van der Waals surface area contributed by atoms with E-state index in [2.05, 4.69) is 0 Å². The van der Waals surface area contributed by atoms with Gasteiger partial charge in [0.15, 0.2) is 0 Å². The van der Waals surface area contributed by atoms with Crippen molar-refractivity contribution in [2.24, 2.45) is 0 Å². The smallest absolute Gasteiger partial charge is 0.361 e. The lowest BCUT2D eigenvalue weighted by molar-refractivity contribution is 0.269. The minimum atomic E-state index is -3.46. The van der Waals surface area contributed by atoms with Gasteiger partial charge in [0, 0.05) is 20.1 Å². The van der Waals surface area contributed by atoms with Gasteiger partial charge in [-0.15, -0.1) is 0 Å². The largest absolute Gasteiger partial charge is 0.496 e. The highest BCUT2D eigenvalue weighted by Crippen LogP contribution is 2.63. The lowest BCUT2D eigenvalue weighted by Gasteiger charge is -2.31. The van der Waals surface area contributed by atoms with Crippen LogP contribution in [0.2, 0.25) is 0 Å². The van der Waals surface area contributed by atoms with Crippen LogP contribution in [-0.4, -0.2) is 21.3 Å². The van der Waals surface area contributed by atoms with Crippen molar-refractivity contribution in [3.8, 4) is 0 Å². The van der Waals surface area contributed by atoms with E-state index in [0.717, 1.165) is 16.7 Å². The molecule has 2 rings (SSSR count). The summed E-state index contributed by atoms with van der Waals surface area (Å²) < 4.78 is 29.2. The molecule has 0 aliphatic heterocycles. The molecule has 4 nitrogen and oxygen atoms in total. The van der Waals surface area contributed by atoms with Crippen LogP contribution in [-0.2, 0) is 18.3 Å². The molecule has 0 radical (unpaired) electrons. The number of benzene rings is 1. The van der Waals surface area contributed by atoms with Gasteiger partial charge in [0.1, 0.15) is 5.76 Å². The normalized spacial score (nSPS) is 18.3. The van der Waals surface area contributed by atoms with E-state index in [1.165, 1.54) is 14.2 Å². The molecule has 0 saturated heterocycles. The van der Waals surface area contributed by atoms with Crippen molar-refractivity contribution in [3.63, 3.8) is 0 Å². The maximum absolute atomic E-state index is 13.2. The Morgan fingerprint density at radius 2 is 1.61 bits per heavy atom. The summed E-state index contributed by atoms with van der Waals surface area (Å²) in [4.78, 5) is 0. The third-order valence-electron chi connectivity index (χ3n) is 3.96. The number of rotatable bonds is 5.